The number of methoxy groups -OCH3 is 1. The Bertz CT molecular complexity index is 1180. The first-order chi connectivity index (χ1) is 19.7. The molecule has 14 nitrogen and oxygen atoms in total. The molecule has 1 heterocycles. The number of benzene rings is 1. The first-order valence-electron chi connectivity index (χ1n) is 12.8. The van der Waals surface area contributed by atoms with Crippen molar-refractivity contribution in [1.82, 2.24) is 5.32 Å². The number of carbonyl (C=O) groups excluding carboxylic acids is 6. The van der Waals surface area contributed by atoms with Crippen LogP contribution in [0, 0.1) is 0 Å². The molecule has 1 aliphatic rings. The number of amides is 1. The first-order valence-corrected chi connectivity index (χ1v) is 12.8. The van der Waals surface area contributed by atoms with Gasteiger partial charge in [0.15, 0.2) is 12.2 Å². The predicted molar refractivity (Wildman–Crippen MR) is 142 cm³/mol. The minimum Gasteiger partial charge on any atom is -0.464 e. The summed E-state index contributed by atoms with van der Waals surface area (Å²) in [5.41, 5.74) is 0.741. The standard InChI is InChI=1S/C28H35NO13/c1-8-20-9-11-21(12-10-20)41-28(27(35)36-7)13-22(38-17(4)32)24(29-15(2)30)26(42-28)25(40-19(6)34)23(39-18(5)33)14-37-16(3)31/h8-12,22-26H,1,13-14H2,2-7H3,(H,29,30)/t22-,23+,24+,25+,26+,28+/m0/s1. The van der Waals surface area contributed by atoms with Gasteiger partial charge in [-0.2, -0.15) is 0 Å². The zero-order chi connectivity index (χ0) is 31.6. The maximum Gasteiger partial charge on any atom is 0.379 e. The molecule has 1 aromatic rings. The van der Waals surface area contributed by atoms with Crippen LogP contribution >= 0.6 is 0 Å². The van der Waals surface area contributed by atoms with Gasteiger partial charge in [-0.3, -0.25) is 24.0 Å². The normalized spacial score (nSPS) is 22.8. The molecule has 2 rings (SSSR count). The second-order valence-corrected chi connectivity index (χ2v) is 9.31. The Labute approximate surface area is 242 Å². The number of carbonyl (C=O) groups is 6. The average molecular weight is 594 g/mol. The van der Waals surface area contributed by atoms with Gasteiger partial charge in [-0.05, 0) is 17.7 Å². The second kappa shape index (κ2) is 15.0. The lowest BCUT2D eigenvalue weighted by Gasteiger charge is -2.48. The molecular formula is C28H35NO13. The van der Waals surface area contributed by atoms with Crippen LogP contribution in [0.15, 0.2) is 30.8 Å². The number of ether oxygens (including phenoxy) is 7. The van der Waals surface area contributed by atoms with Crippen molar-refractivity contribution in [2.24, 2.45) is 0 Å². The molecule has 0 aromatic heterocycles. The summed E-state index contributed by atoms with van der Waals surface area (Å²) in [6, 6.07) is 5.04. The minimum absolute atomic E-state index is 0.129. The van der Waals surface area contributed by atoms with Crippen LogP contribution in [0.4, 0.5) is 0 Å². The number of hydrogen-bond acceptors (Lipinski definition) is 13. The molecule has 0 saturated carbocycles. The van der Waals surface area contributed by atoms with Crippen molar-refractivity contribution in [1.29, 1.82) is 0 Å². The summed E-state index contributed by atoms with van der Waals surface area (Å²) in [5, 5.41) is 2.59. The fourth-order valence-electron chi connectivity index (χ4n) is 4.37. The van der Waals surface area contributed by atoms with Gasteiger partial charge in [0.1, 0.15) is 24.6 Å². The number of esters is 5. The molecule has 230 valence electrons. The lowest BCUT2D eigenvalue weighted by Crippen LogP contribution is -2.70. The highest BCUT2D eigenvalue weighted by Crippen LogP contribution is 2.38. The van der Waals surface area contributed by atoms with Crippen molar-refractivity contribution in [3.63, 3.8) is 0 Å². The molecule has 0 aliphatic carbocycles. The number of hydrogen-bond donors (Lipinski definition) is 1. The molecule has 6 atom stereocenters. The van der Waals surface area contributed by atoms with E-state index in [9.17, 15) is 28.8 Å². The summed E-state index contributed by atoms with van der Waals surface area (Å²) < 4.78 is 38.6. The fourth-order valence-corrected chi connectivity index (χ4v) is 4.37. The van der Waals surface area contributed by atoms with Gasteiger partial charge in [-0.15, -0.1) is 0 Å². The van der Waals surface area contributed by atoms with E-state index in [1.165, 1.54) is 19.1 Å². The highest BCUT2D eigenvalue weighted by molar-refractivity contribution is 5.79. The minimum atomic E-state index is -2.34. The third-order valence-corrected chi connectivity index (χ3v) is 5.89. The van der Waals surface area contributed by atoms with Gasteiger partial charge in [0.25, 0.3) is 0 Å². The van der Waals surface area contributed by atoms with Crippen LogP contribution in [0.2, 0.25) is 0 Å². The monoisotopic (exact) mass is 593 g/mol. The van der Waals surface area contributed by atoms with Gasteiger partial charge in [0.2, 0.25) is 5.91 Å². The molecule has 0 spiro atoms. The van der Waals surface area contributed by atoms with Gasteiger partial charge in [0.05, 0.1) is 19.6 Å². The molecule has 1 fully saturated rings. The van der Waals surface area contributed by atoms with E-state index in [-0.39, 0.29) is 5.75 Å². The summed E-state index contributed by atoms with van der Waals surface area (Å²) in [7, 11) is 1.07. The summed E-state index contributed by atoms with van der Waals surface area (Å²) in [5.74, 6) is -7.15. The van der Waals surface area contributed by atoms with Crippen LogP contribution in [0.3, 0.4) is 0 Å². The quantitative estimate of drug-likeness (QED) is 0.270. The van der Waals surface area contributed by atoms with Crippen LogP contribution in [-0.4, -0.2) is 85.7 Å². The van der Waals surface area contributed by atoms with Crippen LogP contribution in [0.25, 0.3) is 6.08 Å². The van der Waals surface area contributed by atoms with E-state index in [1.54, 1.807) is 18.2 Å². The molecule has 1 aromatic carbocycles. The maximum absolute atomic E-state index is 13.4. The zero-order valence-corrected chi connectivity index (χ0v) is 24.2. The third-order valence-electron chi connectivity index (χ3n) is 5.89. The van der Waals surface area contributed by atoms with Crippen molar-refractivity contribution < 1.29 is 61.9 Å². The summed E-state index contributed by atoms with van der Waals surface area (Å²) >= 11 is 0. The smallest absolute Gasteiger partial charge is 0.379 e. The van der Waals surface area contributed by atoms with Crippen LogP contribution in [-0.2, 0) is 57.2 Å². The first kappa shape index (κ1) is 33.7. The SMILES string of the molecule is C=Cc1ccc(O[C@]2(C(=O)OC)C[C@H](OC(C)=O)[C@@H](NC(C)=O)[C@H]([C@H](OC(C)=O)[C@@H](COC(C)=O)OC(C)=O)O2)cc1. The van der Waals surface area contributed by atoms with E-state index < -0.39 is 85.0 Å². The average Bonchev–Trinajstić information content (AvgIpc) is 2.90. The molecule has 0 bridgehead atoms. The Kier molecular flexibility index (Phi) is 12.0. The van der Waals surface area contributed by atoms with E-state index in [1.807, 2.05) is 0 Å². The van der Waals surface area contributed by atoms with Gasteiger partial charge < -0.3 is 38.5 Å². The van der Waals surface area contributed by atoms with Gasteiger partial charge in [0, 0.05) is 34.6 Å². The topological polar surface area (TPSA) is 179 Å². The molecule has 1 aliphatic heterocycles. The van der Waals surface area contributed by atoms with Crippen molar-refractivity contribution in [3.05, 3.63) is 36.4 Å². The van der Waals surface area contributed by atoms with E-state index >= 15 is 0 Å². The van der Waals surface area contributed by atoms with E-state index in [0.717, 1.165) is 40.4 Å². The van der Waals surface area contributed by atoms with Crippen molar-refractivity contribution in [2.75, 3.05) is 13.7 Å². The Morgan fingerprint density at radius 3 is 2.07 bits per heavy atom. The van der Waals surface area contributed by atoms with E-state index in [2.05, 4.69) is 11.9 Å². The van der Waals surface area contributed by atoms with Crippen LogP contribution in [0.5, 0.6) is 5.75 Å². The van der Waals surface area contributed by atoms with Gasteiger partial charge in [-0.25, -0.2) is 4.79 Å². The van der Waals surface area contributed by atoms with Crippen molar-refractivity contribution in [2.45, 2.75) is 77.3 Å². The third kappa shape index (κ3) is 9.29. The lowest BCUT2D eigenvalue weighted by atomic mass is 9.88. The van der Waals surface area contributed by atoms with Gasteiger partial charge >= 0.3 is 35.6 Å². The molecule has 0 unspecified atom stereocenters. The predicted octanol–water partition coefficient (Wildman–Crippen LogP) is 1.23. The highest BCUT2D eigenvalue weighted by Gasteiger charge is 2.60. The second-order valence-electron chi connectivity index (χ2n) is 9.31. The number of nitrogens with one attached hydrogen (secondary N) is 1. The largest absolute Gasteiger partial charge is 0.464 e. The molecule has 42 heavy (non-hydrogen) atoms. The molecule has 1 saturated heterocycles. The highest BCUT2D eigenvalue weighted by atomic mass is 16.7. The molecule has 1 amide bonds. The summed E-state index contributed by atoms with van der Waals surface area (Å²) in [6.07, 6.45) is -4.99. The van der Waals surface area contributed by atoms with Crippen molar-refractivity contribution >= 4 is 41.8 Å². The lowest BCUT2D eigenvalue weighted by molar-refractivity contribution is -0.289. The Morgan fingerprint density at radius 1 is 0.976 bits per heavy atom. The maximum atomic E-state index is 13.4. The van der Waals surface area contributed by atoms with E-state index in [0.29, 0.717) is 0 Å². The van der Waals surface area contributed by atoms with Crippen LogP contribution in [0.1, 0.15) is 46.6 Å². The van der Waals surface area contributed by atoms with E-state index in [4.69, 9.17) is 33.2 Å². The molecular weight excluding hydrogens is 558 g/mol. The Hall–Kier alpha value is -4.46. The van der Waals surface area contributed by atoms with Crippen molar-refractivity contribution in [3.8, 4) is 5.75 Å². The molecule has 14 heteroatoms. The van der Waals surface area contributed by atoms with Gasteiger partial charge in [-0.1, -0.05) is 24.8 Å². The zero-order valence-electron chi connectivity index (χ0n) is 24.2. The summed E-state index contributed by atoms with van der Waals surface area (Å²) in [6.45, 7) is 8.58. The van der Waals surface area contributed by atoms with Crippen LogP contribution < -0.4 is 10.1 Å². The fraction of sp³-hybridized carbons (Fsp3) is 0.500. The molecule has 1 N–H and O–H groups in total. The molecule has 0 radical (unpaired) electrons. The Balaban J connectivity index is 2.78. The Morgan fingerprint density at radius 2 is 1.60 bits per heavy atom. The number of rotatable bonds is 12. The summed E-state index contributed by atoms with van der Waals surface area (Å²) in [4.78, 5) is 73.8.